The lowest BCUT2D eigenvalue weighted by Crippen LogP contribution is -2.46. The van der Waals surface area contributed by atoms with Gasteiger partial charge in [-0.2, -0.15) is 0 Å². The van der Waals surface area contributed by atoms with E-state index < -0.39 is 22.4 Å². The Hall–Kier alpha value is -1.90. The monoisotopic (exact) mass is 493 g/mol. The number of aromatic nitrogens is 2. The number of esters is 1. The molecule has 2 atom stereocenters. The number of rotatable bonds is 8. The standard InChI is InChI=1S/C25H39N3O5S/c1-23(2,3)33-21(31)25(6,7)34-22-28-27-20(32-22)18(29)17(16-14-24(16,4)5)26-19(30)15-12-10-8-9-11-13-15/h15-17H,8-14H2,1-7H3,(H,26,30)/t16?,17-/m0/s1. The average molecular weight is 494 g/mol. The van der Waals surface area contributed by atoms with Crippen LogP contribution in [0, 0.1) is 17.3 Å². The Bertz CT molecular complexity index is 910. The topological polar surface area (TPSA) is 111 Å². The first-order valence-corrected chi connectivity index (χ1v) is 13.1. The van der Waals surface area contributed by atoms with Crippen molar-refractivity contribution in [1.29, 1.82) is 0 Å². The zero-order chi connectivity index (χ0) is 25.3. The first kappa shape index (κ1) is 26.7. The van der Waals surface area contributed by atoms with Crippen molar-refractivity contribution in [3.63, 3.8) is 0 Å². The fourth-order valence-electron chi connectivity index (χ4n) is 4.38. The summed E-state index contributed by atoms with van der Waals surface area (Å²) in [7, 11) is 0. The van der Waals surface area contributed by atoms with Crippen LogP contribution in [0.2, 0.25) is 0 Å². The minimum absolute atomic E-state index is 0.0240. The van der Waals surface area contributed by atoms with Crippen molar-refractivity contribution < 1.29 is 23.5 Å². The van der Waals surface area contributed by atoms with Gasteiger partial charge in [0.2, 0.25) is 11.7 Å². The lowest BCUT2D eigenvalue weighted by atomic mass is 9.96. The van der Waals surface area contributed by atoms with Crippen LogP contribution in [0.5, 0.6) is 0 Å². The normalized spacial score (nSPS) is 21.9. The van der Waals surface area contributed by atoms with Crippen molar-refractivity contribution >= 4 is 29.4 Å². The summed E-state index contributed by atoms with van der Waals surface area (Å²) in [6.07, 6.45) is 6.97. The van der Waals surface area contributed by atoms with Gasteiger partial charge in [-0.25, -0.2) is 0 Å². The Balaban J connectivity index is 1.71. The molecule has 34 heavy (non-hydrogen) atoms. The second kappa shape index (κ2) is 9.99. The molecule has 0 saturated heterocycles. The van der Waals surface area contributed by atoms with Crippen LogP contribution < -0.4 is 5.32 Å². The van der Waals surface area contributed by atoms with E-state index in [2.05, 4.69) is 29.4 Å². The van der Waals surface area contributed by atoms with E-state index in [1.54, 1.807) is 34.6 Å². The molecule has 1 N–H and O–H groups in total. The summed E-state index contributed by atoms with van der Waals surface area (Å²) in [5.74, 6) is -1.00. The highest BCUT2D eigenvalue weighted by Crippen LogP contribution is 2.54. The molecular weight excluding hydrogens is 454 g/mol. The van der Waals surface area contributed by atoms with Crippen LogP contribution in [-0.4, -0.2) is 44.2 Å². The maximum Gasteiger partial charge on any atom is 0.322 e. The van der Waals surface area contributed by atoms with Crippen molar-refractivity contribution in [2.75, 3.05) is 0 Å². The van der Waals surface area contributed by atoms with Gasteiger partial charge in [0, 0.05) is 5.92 Å². The summed E-state index contributed by atoms with van der Waals surface area (Å²) in [6.45, 7) is 13.0. The number of Topliss-reactive ketones (excluding diaryl/α,β-unsaturated/α-hetero) is 1. The molecule has 0 radical (unpaired) electrons. The molecule has 0 bridgehead atoms. The average Bonchev–Trinajstić information content (AvgIpc) is 3.25. The highest BCUT2D eigenvalue weighted by atomic mass is 32.2. The second-order valence-electron chi connectivity index (χ2n) is 11.8. The molecule has 1 aromatic rings. The first-order chi connectivity index (χ1) is 15.7. The van der Waals surface area contributed by atoms with Crippen LogP contribution in [-0.2, 0) is 14.3 Å². The summed E-state index contributed by atoms with van der Waals surface area (Å²) >= 11 is 1.05. The lowest BCUT2D eigenvalue weighted by Gasteiger charge is -2.26. The van der Waals surface area contributed by atoms with E-state index in [1.165, 1.54) is 0 Å². The number of hydrogen-bond donors (Lipinski definition) is 1. The van der Waals surface area contributed by atoms with E-state index in [1.807, 2.05) is 0 Å². The van der Waals surface area contributed by atoms with Gasteiger partial charge in [-0.3, -0.25) is 14.4 Å². The number of hydrogen-bond acceptors (Lipinski definition) is 8. The SMILES string of the molecule is CC(C)(C)OC(=O)C(C)(C)Sc1nnc(C(=O)[C@@H](NC(=O)C2CCCCCC2)C2CC2(C)C)o1. The smallest absolute Gasteiger partial charge is 0.322 e. The van der Waals surface area contributed by atoms with Crippen LogP contribution in [0.1, 0.15) is 104 Å². The number of thioether (sulfide) groups is 1. The lowest BCUT2D eigenvalue weighted by molar-refractivity contribution is -0.156. The summed E-state index contributed by atoms with van der Waals surface area (Å²) in [5, 5.41) is 11.1. The molecule has 1 aromatic heterocycles. The predicted molar refractivity (Wildman–Crippen MR) is 129 cm³/mol. The number of ketones is 1. The third-order valence-corrected chi connectivity index (χ3v) is 7.66. The number of ether oxygens (including phenoxy) is 1. The van der Waals surface area contributed by atoms with Gasteiger partial charge in [0.05, 0.1) is 0 Å². The molecule has 2 saturated carbocycles. The minimum Gasteiger partial charge on any atom is -0.459 e. The Morgan fingerprint density at radius 2 is 1.65 bits per heavy atom. The highest BCUT2D eigenvalue weighted by Gasteiger charge is 2.54. The van der Waals surface area contributed by atoms with E-state index in [9.17, 15) is 14.4 Å². The van der Waals surface area contributed by atoms with Gasteiger partial charge in [-0.15, -0.1) is 10.2 Å². The van der Waals surface area contributed by atoms with E-state index in [4.69, 9.17) is 9.15 Å². The largest absolute Gasteiger partial charge is 0.459 e. The Kier molecular flexibility index (Phi) is 7.85. The summed E-state index contributed by atoms with van der Waals surface area (Å²) < 4.78 is 10.2. The molecule has 3 rings (SSSR count). The maximum atomic E-state index is 13.4. The van der Waals surface area contributed by atoms with E-state index in [0.29, 0.717) is 0 Å². The number of nitrogens with one attached hydrogen (secondary N) is 1. The molecule has 9 heteroatoms. The van der Waals surface area contributed by atoms with Crippen molar-refractivity contribution in [3.8, 4) is 0 Å². The number of carbonyl (C=O) groups excluding carboxylic acids is 3. The van der Waals surface area contributed by atoms with Gasteiger partial charge in [0.25, 0.3) is 11.1 Å². The third kappa shape index (κ3) is 6.83. The Morgan fingerprint density at radius 1 is 1.06 bits per heavy atom. The molecule has 2 aliphatic carbocycles. The van der Waals surface area contributed by atoms with Gasteiger partial charge in [0.1, 0.15) is 16.4 Å². The summed E-state index contributed by atoms with van der Waals surface area (Å²) in [4.78, 5) is 39.0. The molecule has 190 valence electrons. The van der Waals surface area contributed by atoms with Crippen LogP contribution in [0.15, 0.2) is 9.64 Å². The third-order valence-electron chi connectivity index (χ3n) is 6.65. The van der Waals surface area contributed by atoms with Crippen LogP contribution in [0.3, 0.4) is 0 Å². The van der Waals surface area contributed by atoms with Gasteiger partial charge >= 0.3 is 5.97 Å². The van der Waals surface area contributed by atoms with Gasteiger partial charge in [-0.1, -0.05) is 39.5 Å². The maximum absolute atomic E-state index is 13.4. The van der Waals surface area contributed by atoms with E-state index in [-0.39, 0.29) is 40.1 Å². The van der Waals surface area contributed by atoms with Crippen LogP contribution in [0.25, 0.3) is 0 Å². The van der Waals surface area contributed by atoms with Gasteiger partial charge in [0.15, 0.2) is 0 Å². The second-order valence-corrected chi connectivity index (χ2v) is 13.4. The molecule has 8 nitrogen and oxygen atoms in total. The Labute approximate surface area is 206 Å². The van der Waals surface area contributed by atoms with Crippen molar-refractivity contribution in [3.05, 3.63) is 5.89 Å². The van der Waals surface area contributed by atoms with E-state index in [0.717, 1.165) is 56.7 Å². The van der Waals surface area contributed by atoms with Crippen molar-refractivity contribution in [1.82, 2.24) is 15.5 Å². The molecule has 0 spiro atoms. The highest BCUT2D eigenvalue weighted by molar-refractivity contribution is 8.01. The van der Waals surface area contributed by atoms with E-state index >= 15 is 0 Å². The number of carbonyl (C=O) groups is 3. The van der Waals surface area contributed by atoms with Crippen molar-refractivity contribution in [2.45, 2.75) is 115 Å². The zero-order valence-corrected chi connectivity index (χ0v) is 22.3. The molecule has 2 fully saturated rings. The van der Waals surface area contributed by atoms with Gasteiger partial charge < -0.3 is 14.5 Å². The predicted octanol–water partition coefficient (Wildman–Crippen LogP) is 4.97. The fourth-order valence-corrected chi connectivity index (χ4v) is 5.15. The number of amides is 1. The molecular formula is C25H39N3O5S. The fraction of sp³-hybridized carbons (Fsp3) is 0.800. The molecule has 0 aliphatic heterocycles. The zero-order valence-electron chi connectivity index (χ0n) is 21.5. The van der Waals surface area contributed by atoms with Crippen LogP contribution >= 0.6 is 11.8 Å². The first-order valence-electron chi connectivity index (χ1n) is 12.3. The molecule has 2 aliphatic rings. The Morgan fingerprint density at radius 3 is 2.18 bits per heavy atom. The molecule has 1 unspecified atom stereocenters. The van der Waals surface area contributed by atoms with Gasteiger partial charge in [-0.05, 0) is 77.0 Å². The molecule has 1 amide bonds. The molecule has 0 aromatic carbocycles. The van der Waals surface area contributed by atoms with Crippen molar-refractivity contribution in [2.24, 2.45) is 17.3 Å². The minimum atomic E-state index is -0.980. The molecule has 1 heterocycles. The summed E-state index contributed by atoms with van der Waals surface area (Å²) in [6, 6.07) is -0.692. The quantitative estimate of drug-likeness (QED) is 0.234. The summed E-state index contributed by atoms with van der Waals surface area (Å²) in [5.41, 5.74) is -0.655. The van der Waals surface area contributed by atoms with Crippen LogP contribution in [0.4, 0.5) is 0 Å². The number of nitrogens with zero attached hydrogens (tertiary/aromatic N) is 2.